The number of amides is 1. The molecular weight excluding hydrogens is 144 g/mol. The van der Waals surface area contributed by atoms with Crippen molar-refractivity contribution < 1.29 is 9.63 Å². The van der Waals surface area contributed by atoms with Crippen molar-refractivity contribution in [3.8, 4) is 12.3 Å². The van der Waals surface area contributed by atoms with Gasteiger partial charge in [0.05, 0.1) is 0 Å². The van der Waals surface area contributed by atoms with Crippen molar-refractivity contribution in [2.45, 2.75) is 12.8 Å². The number of nitrogens with one attached hydrogen (secondary N) is 1. The van der Waals surface area contributed by atoms with Gasteiger partial charge in [-0.25, -0.2) is 4.79 Å². The molecule has 0 aromatic rings. The van der Waals surface area contributed by atoms with Gasteiger partial charge in [0.25, 0.3) is 0 Å². The van der Waals surface area contributed by atoms with Crippen molar-refractivity contribution >= 4 is 12.8 Å². The molecule has 0 saturated carbocycles. The van der Waals surface area contributed by atoms with Crippen LogP contribution in [0.2, 0.25) is 0 Å². The second-order valence-electron chi connectivity index (χ2n) is 1.73. The second kappa shape index (κ2) is 6.78. The first-order chi connectivity index (χ1) is 5.31. The minimum absolute atomic E-state index is 0.533. The molecule has 0 aliphatic carbocycles. The van der Waals surface area contributed by atoms with Crippen molar-refractivity contribution in [2.75, 3.05) is 6.54 Å². The first kappa shape index (κ1) is 9.66. The quantitative estimate of drug-likeness (QED) is 0.281. The number of nitrogens with zero attached hydrogens (tertiary/aromatic N) is 1. The molecule has 0 spiro atoms. The Morgan fingerprint density at radius 1 is 1.82 bits per heavy atom. The van der Waals surface area contributed by atoms with E-state index in [-0.39, 0.29) is 0 Å². The third kappa shape index (κ3) is 6.55. The molecule has 0 bridgehead atoms. The number of unbranched alkanes of at least 4 members (excludes halogenated alkanes) is 1. The molecule has 0 atom stereocenters. The van der Waals surface area contributed by atoms with Gasteiger partial charge in [-0.2, -0.15) is 10.5 Å². The van der Waals surface area contributed by atoms with Crippen LogP contribution in [-0.4, -0.2) is 19.4 Å². The molecule has 4 heteroatoms. The van der Waals surface area contributed by atoms with Crippen molar-refractivity contribution in [3.05, 3.63) is 0 Å². The van der Waals surface area contributed by atoms with Gasteiger partial charge in [-0.3, -0.25) is 0 Å². The Labute approximate surface area is 65.6 Å². The van der Waals surface area contributed by atoms with Crippen LogP contribution in [0.4, 0.5) is 4.79 Å². The third-order valence-corrected chi connectivity index (χ3v) is 0.889. The summed E-state index contributed by atoms with van der Waals surface area (Å²) in [5.74, 6) is 2.45. The highest BCUT2D eigenvalue weighted by Crippen LogP contribution is 1.83. The topological polar surface area (TPSA) is 50.7 Å². The average Bonchev–Trinajstić information content (AvgIpc) is 2.04. The van der Waals surface area contributed by atoms with Gasteiger partial charge >= 0.3 is 6.09 Å². The van der Waals surface area contributed by atoms with Gasteiger partial charge in [-0.05, 0) is 13.1 Å². The van der Waals surface area contributed by atoms with Crippen LogP contribution >= 0.6 is 0 Å². The van der Waals surface area contributed by atoms with E-state index in [0.29, 0.717) is 13.0 Å². The monoisotopic (exact) mass is 154 g/mol. The summed E-state index contributed by atoms with van der Waals surface area (Å²) in [4.78, 5) is 17.6. The minimum Gasteiger partial charge on any atom is -0.352 e. The first-order valence-electron chi connectivity index (χ1n) is 3.15. The molecular formula is C7H10N2O2. The lowest BCUT2D eigenvalue weighted by Crippen LogP contribution is -2.18. The summed E-state index contributed by atoms with van der Waals surface area (Å²) >= 11 is 0. The maximum Gasteiger partial charge on any atom is 0.451 e. The Balaban J connectivity index is 3.09. The maximum absolute atomic E-state index is 10.3. The molecule has 0 aliphatic heterocycles. The summed E-state index contributed by atoms with van der Waals surface area (Å²) < 4.78 is 0. The molecule has 0 aromatic heterocycles. The summed E-state index contributed by atoms with van der Waals surface area (Å²) in [7, 11) is 0. The van der Waals surface area contributed by atoms with E-state index in [1.54, 1.807) is 0 Å². The number of carbonyl (C=O) groups excluding carboxylic acids is 1. The average molecular weight is 154 g/mol. The van der Waals surface area contributed by atoms with E-state index in [0.717, 1.165) is 6.42 Å². The zero-order valence-corrected chi connectivity index (χ0v) is 6.17. The summed E-state index contributed by atoms with van der Waals surface area (Å²) in [5, 5.41) is 0. The standard InChI is InChI=1S/C7H10N2O2/c1-3-4-5-6-9-11-7(10)8-2/h1,9H,2,4-6H2. The van der Waals surface area contributed by atoms with Crippen LogP contribution in [0.25, 0.3) is 0 Å². The fraction of sp³-hybridized carbons (Fsp3) is 0.429. The van der Waals surface area contributed by atoms with Crippen LogP contribution in [-0.2, 0) is 4.84 Å². The predicted molar refractivity (Wildman–Crippen MR) is 42.1 cm³/mol. The second-order valence-corrected chi connectivity index (χ2v) is 1.73. The Morgan fingerprint density at radius 3 is 3.09 bits per heavy atom. The zero-order chi connectivity index (χ0) is 8.53. The van der Waals surface area contributed by atoms with Gasteiger partial charge < -0.3 is 4.84 Å². The highest BCUT2D eigenvalue weighted by molar-refractivity contribution is 5.72. The molecule has 1 amide bonds. The van der Waals surface area contributed by atoms with E-state index in [9.17, 15) is 4.79 Å². The summed E-state index contributed by atoms with van der Waals surface area (Å²) in [6.07, 6.45) is 5.68. The van der Waals surface area contributed by atoms with Crippen LogP contribution in [0.1, 0.15) is 12.8 Å². The minimum atomic E-state index is -0.731. The molecule has 0 aliphatic rings. The number of hydroxylamine groups is 1. The van der Waals surface area contributed by atoms with Gasteiger partial charge in [0.15, 0.2) is 0 Å². The van der Waals surface area contributed by atoms with Crippen LogP contribution in [0.3, 0.4) is 0 Å². The lowest BCUT2D eigenvalue weighted by Gasteiger charge is -1.99. The SMILES string of the molecule is C#CCCCNOC(=O)N=C. The summed E-state index contributed by atoms with van der Waals surface area (Å²) in [5.41, 5.74) is 2.39. The largest absolute Gasteiger partial charge is 0.451 e. The van der Waals surface area contributed by atoms with Gasteiger partial charge in [0, 0.05) is 13.0 Å². The van der Waals surface area contributed by atoms with Crippen LogP contribution in [0.15, 0.2) is 4.99 Å². The van der Waals surface area contributed by atoms with E-state index in [2.05, 4.69) is 27.9 Å². The van der Waals surface area contributed by atoms with Crippen LogP contribution in [0.5, 0.6) is 0 Å². The fourth-order valence-corrected chi connectivity index (χ4v) is 0.408. The Morgan fingerprint density at radius 2 is 2.55 bits per heavy atom. The molecule has 0 heterocycles. The summed E-state index contributed by atoms with van der Waals surface area (Å²) in [6.45, 7) is 3.51. The van der Waals surface area contributed by atoms with Crippen molar-refractivity contribution in [3.63, 3.8) is 0 Å². The smallest absolute Gasteiger partial charge is 0.352 e. The van der Waals surface area contributed by atoms with Gasteiger partial charge in [0.2, 0.25) is 0 Å². The highest BCUT2D eigenvalue weighted by Gasteiger charge is 1.93. The maximum atomic E-state index is 10.3. The lowest BCUT2D eigenvalue weighted by molar-refractivity contribution is 0.0990. The number of hydrogen-bond donors (Lipinski definition) is 1. The number of rotatable bonds is 4. The van der Waals surface area contributed by atoms with Gasteiger partial charge in [-0.1, -0.05) is 0 Å². The Kier molecular flexibility index (Phi) is 5.95. The van der Waals surface area contributed by atoms with Crippen LogP contribution in [0, 0.1) is 12.3 Å². The predicted octanol–water partition coefficient (Wildman–Crippen LogP) is 0.742. The lowest BCUT2D eigenvalue weighted by atomic mass is 10.3. The fourth-order valence-electron chi connectivity index (χ4n) is 0.408. The molecule has 0 unspecified atom stereocenters. The number of terminal acetylenes is 1. The molecule has 0 rings (SSSR count). The molecule has 0 aromatic carbocycles. The Hall–Kier alpha value is -1.34. The first-order valence-corrected chi connectivity index (χ1v) is 3.15. The van der Waals surface area contributed by atoms with E-state index in [1.165, 1.54) is 0 Å². The molecule has 0 fully saturated rings. The Bertz CT molecular complexity index is 172. The van der Waals surface area contributed by atoms with E-state index >= 15 is 0 Å². The molecule has 4 nitrogen and oxygen atoms in total. The van der Waals surface area contributed by atoms with Crippen molar-refractivity contribution in [1.29, 1.82) is 0 Å². The van der Waals surface area contributed by atoms with Crippen LogP contribution < -0.4 is 5.48 Å². The zero-order valence-electron chi connectivity index (χ0n) is 6.17. The molecule has 60 valence electrons. The van der Waals surface area contributed by atoms with E-state index in [1.807, 2.05) is 0 Å². The molecule has 11 heavy (non-hydrogen) atoms. The van der Waals surface area contributed by atoms with Crippen molar-refractivity contribution in [1.82, 2.24) is 5.48 Å². The third-order valence-electron chi connectivity index (χ3n) is 0.889. The van der Waals surface area contributed by atoms with Gasteiger partial charge in [-0.15, -0.1) is 12.3 Å². The number of aliphatic imine (C=N–C) groups is 1. The van der Waals surface area contributed by atoms with Crippen molar-refractivity contribution in [2.24, 2.45) is 4.99 Å². The highest BCUT2D eigenvalue weighted by atomic mass is 16.7. The molecule has 0 saturated heterocycles. The van der Waals surface area contributed by atoms with Gasteiger partial charge in [0.1, 0.15) is 0 Å². The molecule has 0 radical (unpaired) electrons. The number of hydrogen-bond acceptors (Lipinski definition) is 3. The van der Waals surface area contributed by atoms with E-state index in [4.69, 9.17) is 6.42 Å². The molecule has 1 N–H and O–H groups in total. The number of carbonyl (C=O) groups is 1. The normalized spacial score (nSPS) is 8.27. The van der Waals surface area contributed by atoms with E-state index < -0.39 is 6.09 Å². The summed E-state index contributed by atoms with van der Waals surface area (Å²) in [6, 6.07) is 0.